The van der Waals surface area contributed by atoms with Crippen molar-refractivity contribution in [3.63, 3.8) is 0 Å². The molecule has 17 heavy (non-hydrogen) atoms. The number of rotatable bonds is 1. The van der Waals surface area contributed by atoms with E-state index in [-0.39, 0.29) is 5.60 Å². The largest absolute Gasteiger partial charge is 0.396 e. The predicted molar refractivity (Wildman–Crippen MR) is 68.0 cm³/mol. The maximum atomic E-state index is 6.01. The van der Waals surface area contributed by atoms with Crippen molar-refractivity contribution in [2.24, 2.45) is 0 Å². The third-order valence-corrected chi connectivity index (χ3v) is 3.87. The summed E-state index contributed by atoms with van der Waals surface area (Å²) in [6.07, 6.45) is 6.57. The van der Waals surface area contributed by atoms with Gasteiger partial charge in [0, 0.05) is 25.9 Å². The van der Waals surface area contributed by atoms with E-state index >= 15 is 0 Å². The summed E-state index contributed by atoms with van der Waals surface area (Å²) in [5.74, 6) is 0.915. The minimum Gasteiger partial charge on any atom is -0.396 e. The highest BCUT2D eigenvalue weighted by atomic mass is 16.5. The molecule has 4 heteroatoms. The third-order valence-electron chi connectivity index (χ3n) is 3.87. The first-order chi connectivity index (χ1) is 8.29. The molecule has 2 N–H and O–H groups in total. The maximum absolute atomic E-state index is 6.01. The van der Waals surface area contributed by atoms with Crippen molar-refractivity contribution in [2.75, 3.05) is 30.3 Å². The second-order valence-corrected chi connectivity index (χ2v) is 5.08. The average molecular weight is 233 g/mol. The molecular formula is C13H19N3O. The minimum absolute atomic E-state index is 0.0716. The first kappa shape index (κ1) is 10.8. The van der Waals surface area contributed by atoms with Crippen molar-refractivity contribution in [1.82, 2.24) is 4.98 Å². The lowest BCUT2D eigenvalue weighted by Gasteiger charge is -2.33. The predicted octanol–water partition coefficient (Wildman–Crippen LogP) is 1.81. The maximum Gasteiger partial charge on any atom is 0.151 e. The van der Waals surface area contributed by atoms with Gasteiger partial charge in [-0.25, -0.2) is 4.98 Å². The minimum atomic E-state index is 0.0716. The second-order valence-electron chi connectivity index (χ2n) is 5.08. The van der Waals surface area contributed by atoms with Crippen molar-refractivity contribution < 1.29 is 4.74 Å². The zero-order chi connectivity index (χ0) is 11.7. The number of ether oxygens (including phenoxy) is 1. The van der Waals surface area contributed by atoms with Gasteiger partial charge in [0.15, 0.2) is 5.82 Å². The van der Waals surface area contributed by atoms with Gasteiger partial charge in [-0.05, 0) is 37.8 Å². The number of aromatic nitrogens is 1. The van der Waals surface area contributed by atoms with Crippen LogP contribution in [0, 0.1) is 0 Å². The van der Waals surface area contributed by atoms with Crippen LogP contribution in [0.5, 0.6) is 0 Å². The van der Waals surface area contributed by atoms with E-state index in [1.165, 1.54) is 19.3 Å². The SMILES string of the molecule is Nc1cccnc1N1CCC2(CCCCO2)C1. The lowest BCUT2D eigenvalue weighted by atomic mass is 9.93. The van der Waals surface area contributed by atoms with Gasteiger partial charge in [-0.2, -0.15) is 0 Å². The molecule has 3 rings (SSSR count). The van der Waals surface area contributed by atoms with E-state index in [1.807, 2.05) is 12.1 Å². The van der Waals surface area contributed by atoms with Crippen LogP contribution in [0.2, 0.25) is 0 Å². The average Bonchev–Trinajstić information content (AvgIpc) is 2.74. The molecular weight excluding hydrogens is 214 g/mol. The summed E-state index contributed by atoms with van der Waals surface area (Å²) in [7, 11) is 0. The fourth-order valence-corrected chi connectivity index (χ4v) is 2.93. The molecule has 1 unspecified atom stereocenters. The van der Waals surface area contributed by atoms with Crippen LogP contribution in [0.4, 0.5) is 11.5 Å². The zero-order valence-corrected chi connectivity index (χ0v) is 10.1. The monoisotopic (exact) mass is 233 g/mol. The van der Waals surface area contributed by atoms with Crippen LogP contribution in [0.25, 0.3) is 0 Å². The van der Waals surface area contributed by atoms with Crippen LogP contribution in [0.1, 0.15) is 25.7 Å². The lowest BCUT2D eigenvalue weighted by Crippen LogP contribution is -2.39. The fourth-order valence-electron chi connectivity index (χ4n) is 2.93. The van der Waals surface area contributed by atoms with E-state index < -0.39 is 0 Å². The molecule has 1 atom stereocenters. The Morgan fingerprint density at radius 3 is 3.06 bits per heavy atom. The van der Waals surface area contributed by atoms with Gasteiger partial charge in [0.1, 0.15) is 0 Å². The zero-order valence-electron chi connectivity index (χ0n) is 10.1. The smallest absolute Gasteiger partial charge is 0.151 e. The lowest BCUT2D eigenvalue weighted by molar-refractivity contribution is -0.0621. The van der Waals surface area contributed by atoms with Gasteiger partial charge in [0.2, 0.25) is 0 Å². The number of anilines is 2. The van der Waals surface area contributed by atoms with Crippen molar-refractivity contribution in [3.8, 4) is 0 Å². The van der Waals surface area contributed by atoms with E-state index in [1.54, 1.807) is 6.20 Å². The van der Waals surface area contributed by atoms with Crippen LogP contribution in [-0.2, 0) is 4.74 Å². The summed E-state index contributed by atoms with van der Waals surface area (Å²) in [5, 5.41) is 0. The molecule has 3 heterocycles. The molecule has 2 saturated heterocycles. The Hall–Kier alpha value is -1.29. The standard InChI is InChI=1S/C13H19N3O/c14-11-4-3-7-15-12(11)16-8-6-13(10-16)5-1-2-9-17-13/h3-4,7H,1-2,5-6,8-10,14H2. The van der Waals surface area contributed by atoms with E-state index in [0.29, 0.717) is 0 Å². The summed E-state index contributed by atoms with van der Waals surface area (Å²) >= 11 is 0. The quantitative estimate of drug-likeness (QED) is 0.803. The van der Waals surface area contributed by atoms with Gasteiger partial charge in [0.05, 0.1) is 11.3 Å². The van der Waals surface area contributed by atoms with Crippen molar-refractivity contribution >= 4 is 11.5 Å². The highest BCUT2D eigenvalue weighted by Gasteiger charge is 2.40. The summed E-state index contributed by atoms with van der Waals surface area (Å²) in [6, 6.07) is 3.79. The van der Waals surface area contributed by atoms with Gasteiger partial charge < -0.3 is 15.4 Å². The summed E-state index contributed by atoms with van der Waals surface area (Å²) in [4.78, 5) is 6.65. The van der Waals surface area contributed by atoms with Crippen molar-refractivity contribution in [1.29, 1.82) is 0 Å². The Morgan fingerprint density at radius 1 is 1.35 bits per heavy atom. The van der Waals surface area contributed by atoms with E-state index in [4.69, 9.17) is 10.5 Å². The second kappa shape index (κ2) is 4.18. The first-order valence-electron chi connectivity index (χ1n) is 6.39. The van der Waals surface area contributed by atoms with E-state index in [9.17, 15) is 0 Å². The molecule has 0 amide bonds. The van der Waals surface area contributed by atoms with Gasteiger partial charge in [-0.3, -0.25) is 0 Å². The third kappa shape index (κ3) is 1.97. The van der Waals surface area contributed by atoms with Crippen LogP contribution in [0.15, 0.2) is 18.3 Å². The Bertz CT molecular complexity index is 401. The van der Waals surface area contributed by atoms with Crippen LogP contribution in [-0.4, -0.2) is 30.3 Å². The molecule has 2 aliphatic heterocycles. The normalized spacial score (nSPS) is 28.8. The Morgan fingerprint density at radius 2 is 2.29 bits per heavy atom. The highest BCUT2D eigenvalue weighted by molar-refractivity contribution is 5.62. The Balaban J connectivity index is 1.77. The van der Waals surface area contributed by atoms with Crippen LogP contribution in [0.3, 0.4) is 0 Å². The highest BCUT2D eigenvalue weighted by Crippen LogP contribution is 2.36. The molecule has 0 saturated carbocycles. The number of nitrogens with two attached hydrogens (primary N) is 1. The number of nitrogen functional groups attached to an aromatic ring is 1. The molecule has 1 aromatic rings. The molecule has 0 bridgehead atoms. The molecule has 2 fully saturated rings. The molecule has 2 aliphatic rings. The number of nitrogens with zero attached hydrogens (tertiary/aromatic N) is 2. The van der Waals surface area contributed by atoms with E-state index in [2.05, 4.69) is 9.88 Å². The van der Waals surface area contributed by atoms with E-state index in [0.717, 1.165) is 37.6 Å². The molecule has 0 aliphatic carbocycles. The first-order valence-corrected chi connectivity index (χ1v) is 6.39. The topological polar surface area (TPSA) is 51.4 Å². The van der Waals surface area contributed by atoms with Crippen LogP contribution < -0.4 is 10.6 Å². The summed E-state index contributed by atoms with van der Waals surface area (Å²) in [5.41, 5.74) is 6.81. The van der Waals surface area contributed by atoms with Crippen LogP contribution >= 0.6 is 0 Å². The summed E-state index contributed by atoms with van der Waals surface area (Å²) in [6.45, 7) is 2.85. The Labute approximate surface area is 102 Å². The number of hydrogen-bond acceptors (Lipinski definition) is 4. The number of pyridine rings is 1. The molecule has 1 spiro atoms. The number of hydrogen-bond donors (Lipinski definition) is 1. The Kier molecular flexibility index (Phi) is 2.67. The fraction of sp³-hybridized carbons (Fsp3) is 0.615. The molecule has 4 nitrogen and oxygen atoms in total. The van der Waals surface area contributed by atoms with Gasteiger partial charge >= 0.3 is 0 Å². The van der Waals surface area contributed by atoms with Crippen molar-refractivity contribution in [2.45, 2.75) is 31.3 Å². The molecule has 0 aromatic carbocycles. The summed E-state index contributed by atoms with van der Waals surface area (Å²) < 4.78 is 6.01. The molecule has 0 radical (unpaired) electrons. The molecule has 1 aromatic heterocycles. The van der Waals surface area contributed by atoms with Gasteiger partial charge in [-0.1, -0.05) is 0 Å². The van der Waals surface area contributed by atoms with Gasteiger partial charge in [-0.15, -0.1) is 0 Å². The van der Waals surface area contributed by atoms with Gasteiger partial charge in [0.25, 0.3) is 0 Å². The molecule has 92 valence electrons. The van der Waals surface area contributed by atoms with Crippen molar-refractivity contribution in [3.05, 3.63) is 18.3 Å².